The summed E-state index contributed by atoms with van der Waals surface area (Å²) < 4.78 is 5.35. The number of aromatic nitrogens is 2. The van der Waals surface area contributed by atoms with Crippen molar-refractivity contribution in [3.63, 3.8) is 0 Å². The second kappa shape index (κ2) is 5.27. The van der Waals surface area contributed by atoms with Crippen LogP contribution in [-0.2, 0) is 0 Å². The summed E-state index contributed by atoms with van der Waals surface area (Å²) in [4.78, 5) is 4.50. The summed E-state index contributed by atoms with van der Waals surface area (Å²) in [6, 6.07) is 5.40. The molecule has 1 aliphatic carbocycles. The van der Waals surface area contributed by atoms with Crippen molar-refractivity contribution in [1.82, 2.24) is 10.1 Å². The monoisotopic (exact) mass is 272 g/mol. The van der Waals surface area contributed by atoms with Gasteiger partial charge in [-0.15, -0.1) is 0 Å². The molecule has 0 radical (unpaired) electrons. The second-order valence-electron chi connectivity index (χ2n) is 5.76. The van der Waals surface area contributed by atoms with Gasteiger partial charge >= 0.3 is 0 Å². The fourth-order valence-electron chi connectivity index (χ4n) is 3.01. The lowest BCUT2D eigenvalue weighted by molar-refractivity contribution is 0.409. The molecule has 0 bridgehead atoms. The molecule has 1 aromatic heterocycles. The number of phenolic OH excluding ortho intramolecular Hbond substituents is 1. The van der Waals surface area contributed by atoms with E-state index in [1.807, 2.05) is 19.1 Å². The van der Waals surface area contributed by atoms with Crippen LogP contribution < -0.4 is 0 Å². The van der Waals surface area contributed by atoms with Crippen LogP contribution in [0.15, 0.2) is 22.7 Å². The van der Waals surface area contributed by atoms with Gasteiger partial charge in [0.05, 0.1) is 5.56 Å². The minimum atomic E-state index is 0.184. The van der Waals surface area contributed by atoms with Crippen molar-refractivity contribution in [2.45, 2.75) is 45.4 Å². The smallest absolute Gasteiger partial charge is 0.261 e. The fourth-order valence-corrected chi connectivity index (χ4v) is 3.01. The molecule has 4 heteroatoms. The Labute approximate surface area is 118 Å². The van der Waals surface area contributed by atoms with Gasteiger partial charge in [-0.2, -0.15) is 4.98 Å². The van der Waals surface area contributed by atoms with E-state index < -0.39 is 0 Å². The summed E-state index contributed by atoms with van der Waals surface area (Å²) in [7, 11) is 0. The van der Waals surface area contributed by atoms with Gasteiger partial charge in [0, 0.05) is 5.92 Å². The van der Waals surface area contributed by atoms with Gasteiger partial charge in [0.1, 0.15) is 5.75 Å². The lowest BCUT2D eigenvalue weighted by atomic mass is 10.0. The molecule has 0 amide bonds. The Kier molecular flexibility index (Phi) is 3.47. The van der Waals surface area contributed by atoms with Crippen molar-refractivity contribution in [3.05, 3.63) is 29.6 Å². The van der Waals surface area contributed by atoms with Gasteiger partial charge in [-0.25, -0.2) is 0 Å². The van der Waals surface area contributed by atoms with Crippen LogP contribution in [0.25, 0.3) is 11.5 Å². The van der Waals surface area contributed by atoms with Gasteiger partial charge in [0.25, 0.3) is 5.89 Å². The molecule has 1 heterocycles. The zero-order valence-electron chi connectivity index (χ0n) is 12.0. The molecule has 1 aromatic carbocycles. The minimum Gasteiger partial charge on any atom is -0.507 e. The van der Waals surface area contributed by atoms with Gasteiger partial charge < -0.3 is 9.63 Å². The van der Waals surface area contributed by atoms with Crippen LogP contribution in [0.3, 0.4) is 0 Å². The quantitative estimate of drug-likeness (QED) is 0.915. The predicted octanol–water partition coefficient (Wildman–Crippen LogP) is 4.04. The Hall–Kier alpha value is -1.84. The van der Waals surface area contributed by atoms with Crippen LogP contribution in [0.2, 0.25) is 0 Å². The molecule has 2 unspecified atom stereocenters. The highest BCUT2D eigenvalue weighted by Gasteiger charge is 2.28. The number of hydrogen-bond donors (Lipinski definition) is 1. The van der Waals surface area contributed by atoms with E-state index in [2.05, 4.69) is 17.1 Å². The van der Waals surface area contributed by atoms with E-state index in [4.69, 9.17) is 4.52 Å². The molecule has 106 valence electrons. The Bertz CT molecular complexity index is 606. The highest BCUT2D eigenvalue weighted by molar-refractivity contribution is 5.63. The minimum absolute atomic E-state index is 0.184. The molecule has 1 aliphatic rings. The van der Waals surface area contributed by atoms with E-state index in [0.717, 1.165) is 30.1 Å². The third-order valence-electron chi connectivity index (χ3n) is 4.31. The summed E-state index contributed by atoms with van der Waals surface area (Å²) in [5.74, 6) is 2.58. The first-order chi connectivity index (χ1) is 9.67. The summed E-state index contributed by atoms with van der Waals surface area (Å²) in [5.41, 5.74) is 1.68. The van der Waals surface area contributed by atoms with E-state index in [0.29, 0.717) is 17.4 Å². The van der Waals surface area contributed by atoms with E-state index >= 15 is 0 Å². The first-order valence-corrected chi connectivity index (χ1v) is 7.31. The highest BCUT2D eigenvalue weighted by Crippen LogP contribution is 2.39. The van der Waals surface area contributed by atoms with Gasteiger partial charge in [0.2, 0.25) is 0 Å². The highest BCUT2D eigenvalue weighted by atomic mass is 16.5. The van der Waals surface area contributed by atoms with Crippen molar-refractivity contribution >= 4 is 0 Å². The van der Waals surface area contributed by atoms with Crippen LogP contribution in [-0.4, -0.2) is 15.2 Å². The first kappa shape index (κ1) is 13.2. The van der Waals surface area contributed by atoms with Crippen LogP contribution in [0.5, 0.6) is 5.75 Å². The van der Waals surface area contributed by atoms with Gasteiger partial charge in [-0.05, 0) is 44.2 Å². The number of aryl methyl sites for hydroxylation is 1. The summed E-state index contributed by atoms with van der Waals surface area (Å²) in [6.45, 7) is 4.21. The number of hydrogen-bond acceptors (Lipinski definition) is 4. The van der Waals surface area contributed by atoms with Crippen molar-refractivity contribution < 1.29 is 9.63 Å². The van der Waals surface area contributed by atoms with Gasteiger partial charge in [-0.3, -0.25) is 0 Å². The van der Waals surface area contributed by atoms with Gasteiger partial charge in [-0.1, -0.05) is 30.1 Å². The molecule has 20 heavy (non-hydrogen) atoms. The standard InChI is InChI=1S/C16H20N2O2/c1-3-11-5-6-12(9-11)15-17-16(20-18-15)13-8-10(2)4-7-14(13)19/h4,7-8,11-12,19H,3,5-6,9H2,1-2H3. The second-order valence-corrected chi connectivity index (χ2v) is 5.76. The van der Waals surface area contributed by atoms with Crippen molar-refractivity contribution in [2.24, 2.45) is 5.92 Å². The van der Waals surface area contributed by atoms with Crippen molar-refractivity contribution in [1.29, 1.82) is 0 Å². The maximum Gasteiger partial charge on any atom is 0.261 e. The maximum atomic E-state index is 9.92. The molecule has 4 nitrogen and oxygen atoms in total. The molecule has 1 fully saturated rings. The SMILES string of the molecule is CCC1CCC(c2noc(-c3cc(C)ccc3O)n2)C1. The summed E-state index contributed by atoms with van der Waals surface area (Å²) >= 11 is 0. The van der Waals surface area contributed by atoms with E-state index in [1.54, 1.807) is 6.07 Å². The number of benzene rings is 1. The predicted molar refractivity (Wildman–Crippen MR) is 76.5 cm³/mol. The zero-order valence-corrected chi connectivity index (χ0v) is 12.0. The maximum absolute atomic E-state index is 9.92. The molecular weight excluding hydrogens is 252 g/mol. The first-order valence-electron chi connectivity index (χ1n) is 7.31. The third-order valence-corrected chi connectivity index (χ3v) is 4.31. The topological polar surface area (TPSA) is 59.2 Å². The average molecular weight is 272 g/mol. The van der Waals surface area contributed by atoms with Crippen LogP contribution in [0.1, 0.15) is 49.9 Å². The number of aromatic hydroxyl groups is 1. The summed E-state index contributed by atoms with van der Waals surface area (Å²) in [5, 5.41) is 14.0. The number of rotatable bonds is 3. The van der Waals surface area contributed by atoms with Crippen LogP contribution in [0.4, 0.5) is 0 Å². The average Bonchev–Trinajstić information content (AvgIpc) is 3.09. The molecule has 0 spiro atoms. The van der Waals surface area contributed by atoms with E-state index in [9.17, 15) is 5.11 Å². The molecule has 2 aromatic rings. The summed E-state index contributed by atoms with van der Waals surface area (Å²) in [6.07, 6.45) is 4.76. The lowest BCUT2D eigenvalue weighted by Gasteiger charge is -2.04. The number of nitrogens with zero attached hydrogens (tertiary/aromatic N) is 2. The molecule has 1 saturated carbocycles. The molecule has 1 N–H and O–H groups in total. The van der Waals surface area contributed by atoms with E-state index in [1.165, 1.54) is 12.8 Å². The van der Waals surface area contributed by atoms with Crippen LogP contribution >= 0.6 is 0 Å². The van der Waals surface area contributed by atoms with Gasteiger partial charge in [0.15, 0.2) is 5.82 Å². The van der Waals surface area contributed by atoms with Crippen molar-refractivity contribution in [3.8, 4) is 17.2 Å². The van der Waals surface area contributed by atoms with Crippen molar-refractivity contribution in [2.75, 3.05) is 0 Å². The molecule has 3 rings (SSSR count). The lowest BCUT2D eigenvalue weighted by Crippen LogP contribution is -1.97. The molecular formula is C16H20N2O2. The Morgan fingerprint density at radius 3 is 2.95 bits per heavy atom. The largest absolute Gasteiger partial charge is 0.507 e. The molecule has 0 saturated heterocycles. The Morgan fingerprint density at radius 2 is 2.20 bits per heavy atom. The Balaban J connectivity index is 1.85. The number of phenols is 1. The molecule has 2 atom stereocenters. The molecule has 0 aliphatic heterocycles. The zero-order chi connectivity index (χ0) is 14.1. The fraction of sp³-hybridized carbons (Fsp3) is 0.500. The third kappa shape index (κ3) is 2.42. The Morgan fingerprint density at radius 1 is 1.35 bits per heavy atom. The normalized spacial score (nSPS) is 22.3. The van der Waals surface area contributed by atoms with Crippen LogP contribution in [0, 0.1) is 12.8 Å². The van der Waals surface area contributed by atoms with E-state index in [-0.39, 0.29) is 5.75 Å².